The second-order valence-electron chi connectivity index (χ2n) is 4.24. The van der Waals surface area contributed by atoms with Crippen LogP contribution in [0.3, 0.4) is 0 Å². The predicted octanol–water partition coefficient (Wildman–Crippen LogP) is 1.88. The van der Waals surface area contributed by atoms with Crippen LogP contribution in [0.25, 0.3) is 0 Å². The van der Waals surface area contributed by atoms with Gasteiger partial charge in [-0.1, -0.05) is 18.7 Å². The second kappa shape index (κ2) is 5.03. The molecule has 0 aromatic rings. The van der Waals surface area contributed by atoms with Crippen molar-refractivity contribution in [3.63, 3.8) is 0 Å². The number of nitrogens with zero attached hydrogens (tertiary/aromatic N) is 1. The summed E-state index contributed by atoms with van der Waals surface area (Å²) in [5.74, 6) is 0. The minimum atomic E-state index is -0.0246. The molecule has 0 saturated heterocycles. The number of rotatable bonds is 4. The maximum atomic E-state index is 5.14. The maximum Gasteiger partial charge on any atom is 0.157 e. The molecule has 0 aliphatic carbocycles. The molecule has 0 amide bonds. The van der Waals surface area contributed by atoms with Gasteiger partial charge in [-0.3, -0.25) is 4.99 Å². The average molecular weight is 216 g/mol. The molecule has 4 heteroatoms. The zero-order valence-electron chi connectivity index (χ0n) is 9.46. The second-order valence-corrected chi connectivity index (χ2v) is 5.52. The van der Waals surface area contributed by atoms with Gasteiger partial charge in [0.25, 0.3) is 0 Å². The Hall–Kier alpha value is -0.220. The molecule has 3 nitrogen and oxygen atoms in total. The average Bonchev–Trinajstić information content (AvgIpc) is 2.51. The van der Waals surface area contributed by atoms with Crippen LogP contribution < -0.4 is 5.32 Å². The Morgan fingerprint density at radius 3 is 2.86 bits per heavy atom. The molecular formula is C10H20N2OS. The van der Waals surface area contributed by atoms with Crippen LogP contribution in [0, 0.1) is 0 Å². The monoisotopic (exact) mass is 216 g/mol. The van der Waals surface area contributed by atoms with E-state index in [1.807, 2.05) is 11.8 Å². The molecule has 0 bridgehead atoms. The predicted molar refractivity (Wildman–Crippen MR) is 63.1 cm³/mol. The highest BCUT2D eigenvalue weighted by atomic mass is 32.2. The number of aliphatic imine (C=N–C) groups is 1. The lowest BCUT2D eigenvalue weighted by atomic mass is 10.1. The SMILES string of the molecule is CCC1CN=C(NC(C)(C)COC)S1. The first-order valence-corrected chi connectivity index (χ1v) is 5.93. The van der Waals surface area contributed by atoms with Crippen molar-refractivity contribution in [2.45, 2.75) is 38.0 Å². The summed E-state index contributed by atoms with van der Waals surface area (Å²) in [6.07, 6.45) is 1.18. The normalized spacial score (nSPS) is 22.3. The Morgan fingerprint density at radius 2 is 2.36 bits per heavy atom. The van der Waals surface area contributed by atoms with Crippen LogP contribution in [0.5, 0.6) is 0 Å². The smallest absolute Gasteiger partial charge is 0.157 e. The molecule has 1 N–H and O–H groups in total. The van der Waals surface area contributed by atoms with Crippen LogP contribution in [0.1, 0.15) is 27.2 Å². The van der Waals surface area contributed by atoms with Gasteiger partial charge in [0, 0.05) is 12.4 Å². The molecule has 1 heterocycles. The molecule has 0 radical (unpaired) electrons. The molecule has 0 fully saturated rings. The van der Waals surface area contributed by atoms with Gasteiger partial charge in [0.05, 0.1) is 18.7 Å². The molecule has 0 aromatic carbocycles. The van der Waals surface area contributed by atoms with Gasteiger partial charge >= 0.3 is 0 Å². The minimum Gasteiger partial charge on any atom is -0.382 e. The van der Waals surface area contributed by atoms with Crippen LogP contribution in [-0.4, -0.2) is 36.2 Å². The molecule has 1 rings (SSSR count). The maximum absolute atomic E-state index is 5.14. The zero-order valence-corrected chi connectivity index (χ0v) is 10.3. The Morgan fingerprint density at radius 1 is 1.64 bits per heavy atom. The third kappa shape index (κ3) is 3.50. The summed E-state index contributed by atoms with van der Waals surface area (Å²) in [5, 5.41) is 5.14. The molecule has 0 spiro atoms. The Labute approximate surface area is 90.7 Å². The lowest BCUT2D eigenvalue weighted by molar-refractivity contribution is 0.140. The van der Waals surface area contributed by atoms with Crippen molar-refractivity contribution in [1.29, 1.82) is 0 Å². The number of nitrogens with one attached hydrogen (secondary N) is 1. The van der Waals surface area contributed by atoms with Crippen LogP contribution in [-0.2, 0) is 4.74 Å². The molecule has 0 aromatic heterocycles. The highest BCUT2D eigenvalue weighted by Crippen LogP contribution is 2.23. The molecular weight excluding hydrogens is 196 g/mol. The fourth-order valence-electron chi connectivity index (χ4n) is 1.38. The van der Waals surface area contributed by atoms with Crippen molar-refractivity contribution in [2.75, 3.05) is 20.3 Å². The van der Waals surface area contributed by atoms with Crippen LogP contribution in [0.2, 0.25) is 0 Å². The largest absolute Gasteiger partial charge is 0.382 e. The number of thioether (sulfide) groups is 1. The van der Waals surface area contributed by atoms with Crippen molar-refractivity contribution in [3.8, 4) is 0 Å². The van der Waals surface area contributed by atoms with E-state index in [1.54, 1.807) is 7.11 Å². The highest BCUT2D eigenvalue weighted by molar-refractivity contribution is 8.14. The summed E-state index contributed by atoms with van der Waals surface area (Å²) in [6, 6.07) is 0. The zero-order chi connectivity index (χ0) is 10.6. The summed E-state index contributed by atoms with van der Waals surface area (Å²) in [4.78, 5) is 4.47. The number of hydrogen-bond acceptors (Lipinski definition) is 4. The molecule has 1 aliphatic heterocycles. The molecule has 1 atom stereocenters. The van der Waals surface area contributed by atoms with E-state index in [9.17, 15) is 0 Å². The van der Waals surface area contributed by atoms with Crippen LogP contribution >= 0.6 is 11.8 Å². The van der Waals surface area contributed by atoms with Gasteiger partial charge in [0.15, 0.2) is 5.17 Å². The number of amidine groups is 1. The van der Waals surface area contributed by atoms with E-state index >= 15 is 0 Å². The van der Waals surface area contributed by atoms with Gasteiger partial charge in [-0.2, -0.15) is 0 Å². The molecule has 1 unspecified atom stereocenters. The van der Waals surface area contributed by atoms with Gasteiger partial charge in [0.2, 0.25) is 0 Å². The van der Waals surface area contributed by atoms with Gasteiger partial charge < -0.3 is 10.1 Å². The summed E-state index contributed by atoms with van der Waals surface area (Å²) >= 11 is 1.85. The van der Waals surface area contributed by atoms with Gasteiger partial charge in [-0.05, 0) is 20.3 Å². The minimum absolute atomic E-state index is 0.0246. The van der Waals surface area contributed by atoms with E-state index in [0.717, 1.165) is 11.7 Å². The first kappa shape index (κ1) is 11.9. The fraction of sp³-hybridized carbons (Fsp3) is 0.900. The van der Waals surface area contributed by atoms with E-state index in [2.05, 4.69) is 31.1 Å². The molecule has 0 saturated carbocycles. The Kier molecular flexibility index (Phi) is 4.26. The van der Waals surface area contributed by atoms with Crippen molar-refractivity contribution >= 4 is 16.9 Å². The quantitative estimate of drug-likeness (QED) is 0.779. The van der Waals surface area contributed by atoms with E-state index < -0.39 is 0 Å². The van der Waals surface area contributed by atoms with Crippen LogP contribution in [0.4, 0.5) is 0 Å². The lowest BCUT2D eigenvalue weighted by Gasteiger charge is -2.26. The Balaban J connectivity index is 2.38. The topological polar surface area (TPSA) is 33.6 Å². The van der Waals surface area contributed by atoms with E-state index in [0.29, 0.717) is 11.9 Å². The summed E-state index contributed by atoms with van der Waals surface area (Å²) in [7, 11) is 1.72. The first-order chi connectivity index (χ1) is 6.57. The van der Waals surface area contributed by atoms with E-state index in [1.165, 1.54) is 6.42 Å². The summed E-state index contributed by atoms with van der Waals surface area (Å²) in [5.41, 5.74) is -0.0246. The van der Waals surface area contributed by atoms with Crippen molar-refractivity contribution in [3.05, 3.63) is 0 Å². The summed E-state index contributed by atoms with van der Waals surface area (Å²) in [6.45, 7) is 8.10. The number of hydrogen-bond donors (Lipinski definition) is 1. The number of methoxy groups -OCH3 is 1. The fourth-order valence-corrected chi connectivity index (χ4v) is 2.50. The van der Waals surface area contributed by atoms with Gasteiger partial charge in [0.1, 0.15) is 0 Å². The number of ether oxygens (including phenoxy) is 1. The lowest BCUT2D eigenvalue weighted by Crippen LogP contribution is -2.45. The molecule has 82 valence electrons. The molecule has 14 heavy (non-hydrogen) atoms. The molecule has 1 aliphatic rings. The van der Waals surface area contributed by atoms with Crippen molar-refractivity contribution in [2.24, 2.45) is 4.99 Å². The van der Waals surface area contributed by atoms with Crippen molar-refractivity contribution in [1.82, 2.24) is 5.32 Å². The van der Waals surface area contributed by atoms with E-state index in [4.69, 9.17) is 4.74 Å². The standard InChI is InChI=1S/C10H20N2OS/c1-5-8-6-11-9(14-8)12-10(2,3)7-13-4/h8H,5-7H2,1-4H3,(H,11,12). The third-order valence-electron chi connectivity index (χ3n) is 2.12. The van der Waals surface area contributed by atoms with E-state index in [-0.39, 0.29) is 5.54 Å². The van der Waals surface area contributed by atoms with Crippen molar-refractivity contribution < 1.29 is 4.74 Å². The summed E-state index contributed by atoms with van der Waals surface area (Å²) < 4.78 is 5.14. The Bertz CT molecular complexity index is 216. The first-order valence-electron chi connectivity index (χ1n) is 5.05. The third-order valence-corrected chi connectivity index (χ3v) is 3.39. The van der Waals surface area contributed by atoms with Crippen LogP contribution in [0.15, 0.2) is 4.99 Å². The highest BCUT2D eigenvalue weighted by Gasteiger charge is 2.24. The van der Waals surface area contributed by atoms with Gasteiger partial charge in [-0.15, -0.1) is 0 Å². The van der Waals surface area contributed by atoms with Gasteiger partial charge in [-0.25, -0.2) is 0 Å².